The summed E-state index contributed by atoms with van der Waals surface area (Å²) in [6.07, 6.45) is 1.26. The maximum atomic E-state index is 12.5. The van der Waals surface area contributed by atoms with E-state index in [1.54, 1.807) is 19.2 Å². The van der Waals surface area contributed by atoms with Crippen molar-refractivity contribution in [3.05, 3.63) is 59.7 Å². The fraction of sp³-hybridized carbons (Fsp3) is 0.500. The van der Waals surface area contributed by atoms with Crippen LogP contribution in [0.25, 0.3) is 0 Å². The number of hydrogen-bond donors (Lipinski definition) is 1. The van der Waals surface area contributed by atoms with Crippen LogP contribution >= 0.6 is 0 Å². The molecule has 0 saturated carbocycles. The number of hydrogen-bond acceptors (Lipinski definition) is 6. The van der Waals surface area contributed by atoms with Crippen molar-refractivity contribution in [3.63, 3.8) is 0 Å². The summed E-state index contributed by atoms with van der Waals surface area (Å²) in [4.78, 5) is 0.0695. The van der Waals surface area contributed by atoms with E-state index in [4.69, 9.17) is 13.7 Å². The van der Waals surface area contributed by atoms with Gasteiger partial charge in [0.05, 0.1) is 31.3 Å². The van der Waals surface area contributed by atoms with Crippen LogP contribution in [0.4, 0.5) is 0 Å². The smallest absolute Gasteiger partial charge is 0.297 e. The minimum absolute atomic E-state index is 0.0406. The molecule has 0 aromatic heterocycles. The van der Waals surface area contributed by atoms with Crippen molar-refractivity contribution >= 4 is 10.1 Å². The molecule has 0 radical (unpaired) electrons. The lowest BCUT2D eigenvalue weighted by Gasteiger charge is -2.28. The molecule has 0 aliphatic rings. The molecular formula is C24H34O6S. The highest BCUT2D eigenvalue weighted by molar-refractivity contribution is 7.86. The monoisotopic (exact) mass is 450 g/mol. The molecule has 0 bridgehead atoms. The van der Waals surface area contributed by atoms with Crippen molar-refractivity contribution in [2.45, 2.75) is 63.7 Å². The molecule has 172 valence electrons. The standard InChI is InChI=1S/C24H34O6S/c1-5-6-7-19(3)24(29-16-20-10-12-21(28-4)13-11-20)23(25)17-30-31(26,27)22-14-8-18(2)9-15-22/h8-15,19,23-25H,5-7,16-17H2,1-4H3/t19-,23-,24-/m1/s1. The number of unbranched alkanes of at least 4 members (excludes halogenated alkanes) is 1. The first-order valence-corrected chi connectivity index (χ1v) is 12.1. The minimum atomic E-state index is -3.95. The van der Waals surface area contributed by atoms with Crippen LogP contribution in [-0.4, -0.2) is 39.4 Å². The lowest BCUT2D eigenvalue weighted by molar-refractivity contribution is -0.0867. The van der Waals surface area contributed by atoms with Gasteiger partial charge in [0.25, 0.3) is 10.1 Å². The summed E-state index contributed by atoms with van der Waals surface area (Å²) >= 11 is 0. The lowest BCUT2D eigenvalue weighted by atomic mass is 9.94. The van der Waals surface area contributed by atoms with Gasteiger partial charge in [0.1, 0.15) is 11.9 Å². The molecule has 31 heavy (non-hydrogen) atoms. The van der Waals surface area contributed by atoms with Crippen LogP contribution in [0.1, 0.15) is 44.2 Å². The number of aliphatic hydroxyl groups excluding tert-OH is 1. The Morgan fingerprint density at radius 2 is 1.68 bits per heavy atom. The van der Waals surface area contributed by atoms with E-state index in [0.29, 0.717) is 6.61 Å². The number of ether oxygens (including phenoxy) is 2. The molecule has 2 aromatic carbocycles. The van der Waals surface area contributed by atoms with E-state index >= 15 is 0 Å². The Hall–Kier alpha value is -1.93. The van der Waals surface area contributed by atoms with Crippen LogP contribution in [0.15, 0.2) is 53.4 Å². The van der Waals surface area contributed by atoms with Gasteiger partial charge in [0.2, 0.25) is 0 Å². The van der Waals surface area contributed by atoms with Gasteiger partial charge >= 0.3 is 0 Å². The number of aryl methyl sites for hydroxylation is 1. The fourth-order valence-electron chi connectivity index (χ4n) is 3.29. The normalized spacial score (nSPS) is 14.7. The van der Waals surface area contributed by atoms with Gasteiger partial charge in [-0.2, -0.15) is 8.42 Å². The van der Waals surface area contributed by atoms with Crippen molar-refractivity contribution in [3.8, 4) is 5.75 Å². The van der Waals surface area contributed by atoms with Crippen molar-refractivity contribution in [2.24, 2.45) is 5.92 Å². The zero-order chi connectivity index (χ0) is 22.9. The van der Waals surface area contributed by atoms with Crippen LogP contribution in [0.3, 0.4) is 0 Å². The van der Waals surface area contributed by atoms with Crippen molar-refractivity contribution in [2.75, 3.05) is 13.7 Å². The third-order valence-corrected chi connectivity index (χ3v) is 6.55. The minimum Gasteiger partial charge on any atom is -0.497 e. The Kier molecular flexibility index (Phi) is 9.96. The number of benzene rings is 2. The predicted octanol–water partition coefficient (Wildman–Crippen LogP) is 4.48. The largest absolute Gasteiger partial charge is 0.497 e. The van der Waals surface area contributed by atoms with Gasteiger partial charge < -0.3 is 14.6 Å². The molecule has 1 N–H and O–H groups in total. The van der Waals surface area contributed by atoms with E-state index in [9.17, 15) is 13.5 Å². The van der Waals surface area contributed by atoms with E-state index in [1.807, 2.05) is 38.1 Å². The molecule has 0 fully saturated rings. The molecule has 0 amide bonds. The van der Waals surface area contributed by atoms with E-state index in [2.05, 4.69) is 6.92 Å². The summed E-state index contributed by atoms with van der Waals surface area (Å²) in [6.45, 7) is 5.93. The first-order chi connectivity index (χ1) is 14.8. The van der Waals surface area contributed by atoms with Gasteiger partial charge in [-0.3, -0.25) is 4.18 Å². The third kappa shape index (κ3) is 7.92. The molecule has 3 atom stereocenters. The van der Waals surface area contributed by atoms with Gasteiger partial charge in [0, 0.05) is 0 Å². The molecule has 0 aliphatic carbocycles. The molecule has 6 nitrogen and oxygen atoms in total. The molecule has 2 rings (SSSR count). The number of methoxy groups -OCH3 is 1. The van der Waals surface area contributed by atoms with E-state index < -0.39 is 22.3 Å². The predicted molar refractivity (Wildman–Crippen MR) is 121 cm³/mol. The second-order valence-corrected chi connectivity index (χ2v) is 9.48. The zero-order valence-electron chi connectivity index (χ0n) is 18.8. The summed E-state index contributed by atoms with van der Waals surface area (Å²) in [5.74, 6) is 0.797. The highest BCUT2D eigenvalue weighted by Crippen LogP contribution is 2.22. The SMILES string of the molecule is CCCC[C@@H](C)[C@@H](OCc1ccc(OC)cc1)[C@H](O)COS(=O)(=O)c1ccc(C)cc1. The number of aliphatic hydroxyl groups is 1. The van der Waals surface area contributed by atoms with Gasteiger partial charge in [-0.15, -0.1) is 0 Å². The molecule has 0 unspecified atom stereocenters. The number of rotatable bonds is 13. The average Bonchev–Trinajstić information content (AvgIpc) is 2.77. The Labute approximate surface area is 186 Å². The molecule has 0 aliphatic heterocycles. The van der Waals surface area contributed by atoms with Crippen LogP contribution in [0, 0.1) is 12.8 Å². The third-order valence-electron chi connectivity index (χ3n) is 5.26. The Morgan fingerprint density at radius 1 is 1.03 bits per heavy atom. The summed E-state index contributed by atoms with van der Waals surface area (Å²) in [5.41, 5.74) is 1.89. The molecule has 0 heterocycles. The summed E-state index contributed by atoms with van der Waals surface area (Å²) in [7, 11) is -2.34. The highest BCUT2D eigenvalue weighted by atomic mass is 32.2. The lowest BCUT2D eigenvalue weighted by Crippen LogP contribution is -2.38. The summed E-state index contributed by atoms with van der Waals surface area (Å²) < 4.78 is 41.3. The van der Waals surface area contributed by atoms with Crippen molar-refractivity contribution in [1.29, 1.82) is 0 Å². The Morgan fingerprint density at radius 3 is 2.26 bits per heavy atom. The van der Waals surface area contributed by atoms with Gasteiger partial charge in [-0.25, -0.2) is 0 Å². The van der Waals surface area contributed by atoms with Crippen molar-refractivity contribution in [1.82, 2.24) is 0 Å². The molecule has 0 spiro atoms. The summed E-state index contributed by atoms with van der Waals surface area (Å²) in [6, 6.07) is 13.9. The molecule has 0 saturated heterocycles. The summed E-state index contributed by atoms with van der Waals surface area (Å²) in [5, 5.41) is 10.8. The fourth-order valence-corrected chi connectivity index (χ4v) is 4.21. The van der Waals surface area contributed by atoms with E-state index in [0.717, 1.165) is 36.1 Å². The molecule has 2 aromatic rings. The Balaban J connectivity index is 2.04. The van der Waals surface area contributed by atoms with Gasteiger partial charge in [-0.05, 0) is 49.1 Å². The maximum Gasteiger partial charge on any atom is 0.297 e. The van der Waals surface area contributed by atoms with Gasteiger partial charge in [-0.1, -0.05) is 56.5 Å². The second-order valence-electron chi connectivity index (χ2n) is 7.86. The molecular weight excluding hydrogens is 416 g/mol. The van der Waals surface area contributed by atoms with Crippen molar-refractivity contribution < 1.29 is 27.2 Å². The topological polar surface area (TPSA) is 82.1 Å². The van der Waals surface area contributed by atoms with E-state index in [-0.39, 0.29) is 17.4 Å². The van der Waals surface area contributed by atoms with Crippen LogP contribution in [-0.2, 0) is 25.6 Å². The highest BCUT2D eigenvalue weighted by Gasteiger charge is 2.28. The quantitative estimate of drug-likeness (QED) is 0.453. The average molecular weight is 451 g/mol. The Bertz CT molecular complexity index is 877. The second kappa shape index (κ2) is 12.2. The van der Waals surface area contributed by atoms with Gasteiger partial charge in [0.15, 0.2) is 0 Å². The van der Waals surface area contributed by atoms with Crippen LogP contribution < -0.4 is 4.74 Å². The van der Waals surface area contributed by atoms with E-state index in [1.165, 1.54) is 12.1 Å². The molecule has 7 heteroatoms. The maximum absolute atomic E-state index is 12.5. The van der Waals surface area contributed by atoms with Crippen LogP contribution in [0.5, 0.6) is 5.75 Å². The zero-order valence-corrected chi connectivity index (χ0v) is 19.6. The van der Waals surface area contributed by atoms with Crippen LogP contribution in [0.2, 0.25) is 0 Å². The first-order valence-electron chi connectivity index (χ1n) is 10.7. The first kappa shape index (κ1) is 25.3.